The molecule has 1 aromatic heterocycles. The summed E-state index contributed by atoms with van der Waals surface area (Å²) in [6.45, 7) is 8.49. The SMILES string of the molecule is CCS(=O)(=O)c1ccc(CC(=O)Nc2nc3c(s2)CN([C@@H](C)c2cc(Br)ccc2F)[C@H]3C(C)C)cc1. The van der Waals surface area contributed by atoms with Crippen molar-refractivity contribution in [2.24, 2.45) is 5.92 Å². The summed E-state index contributed by atoms with van der Waals surface area (Å²) in [5.41, 5.74) is 2.29. The van der Waals surface area contributed by atoms with E-state index in [2.05, 4.69) is 40.0 Å². The van der Waals surface area contributed by atoms with Crippen LogP contribution in [0.5, 0.6) is 0 Å². The Hall–Kier alpha value is -2.14. The van der Waals surface area contributed by atoms with E-state index in [-0.39, 0.29) is 46.8 Å². The van der Waals surface area contributed by atoms with Gasteiger partial charge in [0.05, 0.1) is 28.8 Å². The van der Waals surface area contributed by atoms with Crippen LogP contribution in [-0.2, 0) is 27.6 Å². The molecule has 0 aliphatic carbocycles. The second-order valence-electron chi connectivity index (χ2n) is 9.30. The minimum atomic E-state index is -3.27. The lowest BCUT2D eigenvalue weighted by Crippen LogP contribution is -2.29. The Balaban J connectivity index is 1.47. The standard InChI is InChI=1S/C26H29BrFN3O3S2/c1-5-36(33,34)19-9-6-17(7-10-19)12-23(32)29-26-30-24-22(35-26)14-31(25(24)15(2)3)16(4)20-13-18(27)8-11-21(20)28/h6-11,13,15-16,25H,5,12,14H2,1-4H3,(H,29,30,32)/t16-,25-/m0/s1. The number of aromatic nitrogens is 1. The first kappa shape index (κ1) is 26.9. The zero-order chi connectivity index (χ0) is 26.2. The van der Waals surface area contributed by atoms with Crippen molar-refractivity contribution in [3.63, 3.8) is 0 Å². The van der Waals surface area contributed by atoms with E-state index in [1.54, 1.807) is 25.1 Å². The Kier molecular flexibility index (Phi) is 7.99. The average Bonchev–Trinajstić information content (AvgIpc) is 3.37. The van der Waals surface area contributed by atoms with Crippen LogP contribution in [0.2, 0.25) is 0 Å². The molecule has 1 amide bonds. The van der Waals surface area contributed by atoms with Crippen molar-refractivity contribution in [3.8, 4) is 0 Å². The van der Waals surface area contributed by atoms with Crippen molar-refractivity contribution in [1.82, 2.24) is 9.88 Å². The molecule has 2 heterocycles. The van der Waals surface area contributed by atoms with Gasteiger partial charge in [-0.25, -0.2) is 17.8 Å². The highest BCUT2D eigenvalue weighted by Gasteiger charge is 2.39. The summed E-state index contributed by atoms with van der Waals surface area (Å²) in [6, 6.07) is 11.3. The Labute approximate surface area is 224 Å². The zero-order valence-electron chi connectivity index (χ0n) is 20.6. The Bertz CT molecular complexity index is 1370. The molecular weight excluding hydrogens is 565 g/mol. The molecule has 0 radical (unpaired) electrons. The summed E-state index contributed by atoms with van der Waals surface area (Å²) in [7, 11) is -3.27. The summed E-state index contributed by atoms with van der Waals surface area (Å²) >= 11 is 4.89. The molecule has 0 bridgehead atoms. The number of carbonyl (C=O) groups excluding carboxylic acids is 1. The number of hydrogen-bond acceptors (Lipinski definition) is 6. The number of hydrogen-bond donors (Lipinski definition) is 1. The number of carbonyl (C=O) groups is 1. The molecular formula is C26H29BrFN3O3S2. The minimum absolute atomic E-state index is 0.00310. The molecule has 3 aromatic rings. The first-order chi connectivity index (χ1) is 17.0. The first-order valence-corrected chi connectivity index (χ1v) is 15.1. The number of benzene rings is 2. The number of nitrogens with zero attached hydrogens (tertiary/aromatic N) is 2. The number of amides is 1. The van der Waals surface area contributed by atoms with Crippen molar-refractivity contribution in [2.75, 3.05) is 11.1 Å². The minimum Gasteiger partial charge on any atom is -0.302 e. The van der Waals surface area contributed by atoms with Gasteiger partial charge in [0.1, 0.15) is 5.82 Å². The van der Waals surface area contributed by atoms with Crippen LogP contribution in [0.4, 0.5) is 9.52 Å². The van der Waals surface area contributed by atoms with Crippen molar-refractivity contribution in [2.45, 2.75) is 57.6 Å². The van der Waals surface area contributed by atoms with Crippen molar-refractivity contribution in [1.29, 1.82) is 0 Å². The van der Waals surface area contributed by atoms with E-state index in [1.165, 1.54) is 29.5 Å². The largest absolute Gasteiger partial charge is 0.302 e. The third kappa shape index (κ3) is 5.56. The summed E-state index contributed by atoms with van der Waals surface area (Å²) in [6.07, 6.45) is 0.121. The Morgan fingerprint density at radius 3 is 2.56 bits per heavy atom. The molecule has 0 unspecified atom stereocenters. The molecule has 4 rings (SSSR count). The van der Waals surface area contributed by atoms with Gasteiger partial charge in [0.25, 0.3) is 0 Å². The number of thiazole rings is 1. The van der Waals surface area contributed by atoms with Crippen molar-refractivity contribution >= 4 is 48.1 Å². The van der Waals surface area contributed by atoms with Gasteiger partial charge >= 0.3 is 0 Å². The molecule has 2 aromatic carbocycles. The highest BCUT2D eigenvalue weighted by Crippen LogP contribution is 2.46. The highest BCUT2D eigenvalue weighted by molar-refractivity contribution is 9.10. The quantitative estimate of drug-likeness (QED) is 0.332. The monoisotopic (exact) mass is 593 g/mol. The van der Waals surface area contributed by atoms with Crippen molar-refractivity contribution < 1.29 is 17.6 Å². The molecule has 2 atom stereocenters. The summed E-state index contributed by atoms with van der Waals surface area (Å²) in [4.78, 5) is 21.0. The first-order valence-electron chi connectivity index (χ1n) is 11.8. The number of sulfone groups is 1. The maximum Gasteiger partial charge on any atom is 0.230 e. The van der Waals surface area contributed by atoms with E-state index >= 15 is 0 Å². The van der Waals surface area contributed by atoms with Gasteiger partial charge < -0.3 is 5.32 Å². The van der Waals surface area contributed by atoms with Gasteiger partial charge in [0.2, 0.25) is 5.91 Å². The lowest BCUT2D eigenvalue weighted by atomic mass is 9.98. The van der Waals surface area contributed by atoms with Crippen LogP contribution in [0.3, 0.4) is 0 Å². The van der Waals surface area contributed by atoms with Crippen LogP contribution < -0.4 is 5.32 Å². The molecule has 0 saturated heterocycles. The van der Waals surface area contributed by atoms with Crippen LogP contribution in [0.25, 0.3) is 0 Å². The van der Waals surface area contributed by atoms with Gasteiger partial charge in [0.15, 0.2) is 15.0 Å². The molecule has 0 fully saturated rings. The van der Waals surface area contributed by atoms with Crippen LogP contribution in [0.15, 0.2) is 51.8 Å². The van der Waals surface area contributed by atoms with Gasteiger partial charge in [-0.15, -0.1) is 11.3 Å². The van der Waals surface area contributed by atoms with Crippen LogP contribution >= 0.6 is 27.3 Å². The normalized spacial score (nSPS) is 16.8. The molecule has 36 heavy (non-hydrogen) atoms. The molecule has 0 saturated carbocycles. The van der Waals surface area contributed by atoms with E-state index in [4.69, 9.17) is 4.98 Å². The summed E-state index contributed by atoms with van der Waals surface area (Å²) in [5.74, 6) is -0.166. The van der Waals surface area contributed by atoms with E-state index in [0.717, 1.165) is 20.6 Å². The van der Waals surface area contributed by atoms with Crippen LogP contribution in [0, 0.1) is 11.7 Å². The van der Waals surface area contributed by atoms with E-state index in [0.29, 0.717) is 17.2 Å². The fourth-order valence-corrected chi connectivity index (χ4v) is 6.89. The molecule has 6 nitrogen and oxygen atoms in total. The van der Waals surface area contributed by atoms with Gasteiger partial charge in [-0.1, -0.05) is 48.8 Å². The molecule has 1 N–H and O–H groups in total. The van der Waals surface area contributed by atoms with Gasteiger partial charge in [-0.3, -0.25) is 9.69 Å². The molecule has 192 valence electrons. The van der Waals surface area contributed by atoms with E-state index < -0.39 is 9.84 Å². The number of halogens is 2. The molecule has 10 heteroatoms. The lowest BCUT2D eigenvalue weighted by molar-refractivity contribution is -0.115. The number of anilines is 1. The fourth-order valence-electron chi connectivity index (χ4n) is 4.60. The second kappa shape index (κ2) is 10.7. The highest BCUT2D eigenvalue weighted by atomic mass is 79.9. The third-order valence-electron chi connectivity index (χ3n) is 6.50. The third-order valence-corrected chi connectivity index (χ3v) is 9.72. The predicted molar refractivity (Wildman–Crippen MR) is 144 cm³/mol. The second-order valence-corrected chi connectivity index (χ2v) is 13.6. The fraction of sp³-hybridized carbons (Fsp3) is 0.385. The smallest absolute Gasteiger partial charge is 0.230 e. The number of fused-ring (bicyclic) bond motifs is 1. The predicted octanol–water partition coefficient (Wildman–Crippen LogP) is 6.29. The summed E-state index contributed by atoms with van der Waals surface area (Å²) < 4.78 is 39.4. The van der Waals surface area contributed by atoms with E-state index in [1.807, 2.05) is 13.0 Å². The van der Waals surface area contributed by atoms with Gasteiger partial charge in [-0.05, 0) is 48.7 Å². The van der Waals surface area contributed by atoms with Crippen LogP contribution in [0.1, 0.15) is 61.5 Å². The maximum absolute atomic E-state index is 14.6. The molecule has 1 aliphatic rings. The zero-order valence-corrected chi connectivity index (χ0v) is 23.8. The number of rotatable bonds is 8. The van der Waals surface area contributed by atoms with Crippen molar-refractivity contribution in [3.05, 3.63) is 74.5 Å². The average molecular weight is 595 g/mol. The van der Waals surface area contributed by atoms with Gasteiger partial charge in [0, 0.05) is 27.5 Å². The van der Waals surface area contributed by atoms with Gasteiger partial charge in [-0.2, -0.15) is 0 Å². The molecule has 1 aliphatic heterocycles. The van der Waals surface area contributed by atoms with E-state index in [9.17, 15) is 17.6 Å². The lowest BCUT2D eigenvalue weighted by Gasteiger charge is -2.33. The number of nitrogens with one attached hydrogen (secondary N) is 1. The maximum atomic E-state index is 14.6. The Morgan fingerprint density at radius 1 is 1.22 bits per heavy atom. The summed E-state index contributed by atoms with van der Waals surface area (Å²) in [5, 5.41) is 3.44. The topological polar surface area (TPSA) is 79.4 Å². The van der Waals surface area contributed by atoms with Crippen LogP contribution in [-0.4, -0.2) is 30.0 Å². The Morgan fingerprint density at radius 2 is 1.92 bits per heavy atom. The molecule has 0 spiro atoms.